The Morgan fingerprint density at radius 2 is 1.77 bits per heavy atom. The van der Waals surface area contributed by atoms with Crippen molar-refractivity contribution >= 4 is 52.1 Å². The summed E-state index contributed by atoms with van der Waals surface area (Å²) >= 11 is 6.89. The molecule has 0 spiro atoms. The molecule has 0 aliphatic heterocycles. The number of anilines is 3. The zero-order chi connectivity index (χ0) is 21.3. The maximum absolute atomic E-state index is 12.4. The average Bonchev–Trinajstić information content (AvgIpc) is 2.75. The summed E-state index contributed by atoms with van der Waals surface area (Å²) in [5.74, 6) is 0.637. The number of amides is 1. The highest BCUT2D eigenvalue weighted by molar-refractivity contribution is 8.00. The number of thioether (sulfide) groups is 1. The Balaban J connectivity index is 1.58. The number of thiocarbonyl (C=S) groups is 1. The number of nitrogens with one attached hydrogen (secondary N) is 3. The van der Waals surface area contributed by atoms with Gasteiger partial charge in [0.05, 0.1) is 18.0 Å². The monoisotopic (exact) mass is 438 g/mol. The standard InChI is InChI=1S/C22H22N4O2S2/c1-15(21(27)24-16-10-12-23-13-11-16)30-18-7-5-6-17(14-18)25-22(29)26-19-8-3-4-9-20(19)28-2/h3-15H,1-2H3,(H,23,24,27)(H2,25,26,29). The molecule has 1 heterocycles. The summed E-state index contributed by atoms with van der Waals surface area (Å²) in [5.41, 5.74) is 2.34. The van der Waals surface area contributed by atoms with Crippen molar-refractivity contribution < 1.29 is 9.53 Å². The molecule has 0 saturated heterocycles. The molecule has 1 unspecified atom stereocenters. The molecule has 0 radical (unpaired) electrons. The van der Waals surface area contributed by atoms with Gasteiger partial charge in [0.25, 0.3) is 0 Å². The highest BCUT2D eigenvalue weighted by Crippen LogP contribution is 2.27. The summed E-state index contributed by atoms with van der Waals surface area (Å²) in [6.45, 7) is 1.87. The average molecular weight is 439 g/mol. The van der Waals surface area contributed by atoms with E-state index in [1.807, 2.05) is 55.5 Å². The van der Waals surface area contributed by atoms with E-state index in [1.54, 1.807) is 31.6 Å². The first-order valence-electron chi connectivity index (χ1n) is 9.24. The first-order chi connectivity index (χ1) is 14.5. The molecule has 0 saturated carbocycles. The van der Waals surface area contributed by atoms with E-state index in [0.717, 1.165) is 22.0 Å². The van der Waals surface area contributed by atoms with Crippen LogP contribution in [0.2, 0.25) is 0 Å². The number of benzene rings is 2. The maximum Gasteiger partial charge on any atom is 0.237 e. The van der Waals surface area contributed by atoms with Gasteiger partial charge in [0.15, 0.2) is 5.11 Å². The quantitative estimate of drug-likeness (QED) is 0.353. The molecule has 154 valence electrons. The number of nitrogens with zero attached hydrogens (tertiary/aromatic N) is 1. The van der Waals surface area contributed by atoms with Crippen LogP contribution in [0.25, 0.3) is 0 Å². The number of pyridine rings is 1. The predicted molar refractivity (Wildman–Crippen MR) is 127 cm³/mol. The molecule has 3 aromatic rings. The lowest BCUT2D eigenvalue weighted by Crippen LogP contribution is -2.22. The molecule has 8 heteroatoms. The molecule has 0 aliphatic carbocycles. The number of para-hydroxylation sites is 2. The Morgan fingerprint density at radius 1 is 1.00 bits per heavy atom. The van der Waals surface area contributed by atoms with Gasteiger partial charge in [-0.1, -0.05) is 18.2 Å². The van der Waals surface area contributed by atoms with E-state index in [2.05, 4.69) is 20.9 Å². The normalized spacial score (nSPS) is 11.3. The van der Waals surface area contributed by atoms with Crippen LogP contribution in [0.15, 0.2) is 78.0 Å². The van der Waals surface area contributed by atoms with Gasteiger partial charge in [-0.25, -0.2) is 0 Å². The van der Waals surface area contributed by atoms with Crippen LogP contribution in [0.1, 0.15) is 6.92 Å². The largest absolute Gasteiger partial charge is 0.495 e. The Bertz CT molecular complexity index is 1010. The maximum atomic E-state index is 12.4. The number of aromatic nitrogens is 1. The van der Waals surface area contributed by atoms with Crippen LogP contribution in [-0.2, 0) is 4.79 Å². The fourth-order valence-electron chi connectivity index (χ4n) is 2.62. The summed E-state index contributed by atoms with van der Waals surface area (Å²) in [7, 11) is 1.61. The van der Waals surface area contributed by atoms with Crippen molar-refractivity contribution in [2.24, 2.45) is 0 Å². The van der Waals surface area contributed by atoms with E-state index in [4.69, 9.17) is 17.0 Å². The zero-order valence-electron chi connectivity index (χ0n) is 16.6. The van der Waals surface area contributed by atoms with Crippen molar-refractivity contribution in [1.29, 1.82) is 0 Å². The van der Waals surface area contributed by atoms with Crippen LogP contribution in [-0.4, -0.2) is 28.4 Å². The lowest BCUT2D eigenvalue weighted by molar-refractivity contribution is -0.115. The van der Waals surface area contributed by atoms with Crippen molar-refractivity contribution in [3.63, 3.8) is 0 Å². The Hall–Kier alpha value is -3.10. The molecule has 0 bridgehead atoms. The third-order valence-electron chi connectivity index (χ3n) is 4.08. The van der Waals surface area contributed by atoms with Crippen molar-refractivity contribution in [3.8, 4) is 5.75 Å². The molecule has 0 fully saturated rings. The van der Waals surface area contributed by atoms with Gasteiger partial charge in [0.1, 0.15) is 5.75 Å². The van der Waals surface area contributed by atoms with E-state index in [-0.39, 0.29) is 11.2 Å². The van der Waals surface area contributed by atoms with Gasteiger partial charge in [-0.3, -0.25) is 9.78 Å². The molecule has 1 amide bonds. The van der Waals surface area contributed by atoms with Crippen molar-refractivity contribution in [1.82, 2.24) is 4.98 Å². The van der Waals surface area contributed by atoms with Gasteiger partial charge in [0.2, 0.25) is 5.91 Å². The number of carbonyl (C=O) groups excluding carboxylic acids is 1. The first kappa shape index (κ1) is 21.6. The minimum absolute atomic E-state index is 0.0714. The molecule has 30 heavy (non-hydrogen) atoms. The fourth-order valence-corrected chi connectivity index (χ4v) is 3.77. The smallest absolute Gasteiger partial charge is 0.237 e. The molecule has 3 rings (SSSR count). The summed E-state index contributed by atoms with van der Waals surface area (Å²) in [5, 5.41) is 9.37. The van der Waals surface area contributed by atoms with E-state index < -0.39 is 0 Å². The minimum Gasteiger partial charge on any atom is -0.495 e. The molecule has 2 aromatic carbocycles. The number of hydrogen-bond donors (Lipinski definition) is 3. The van der Waals surface area contributed by atoms with Crippen LogP contribution >= 0.6 is 24.0 Å². The number of rotatable bonds is 7. The Morgan fingerprint density at radius 3 is 2.53 bits per heavy atom. The summed E-state index contributed by atoms with van der Waals surface area (Å²) in [6.07, 6.45) is 3.29. The highest BCUT2D eigenvalue weighted by Gasteiger charge is 2.15. The first-order valence-corrected chi connectivity index (χ1v) is 10.5. The minimum atomic E-state index is -0.271. The second kappa shape index (κ2) is 10.6. The van der Waals surface area contributed by atoms with Crippen molar-refractivity contribution in [3.05, 3.63) is 73.1 Å². The molecule has 3 N–H and O–H groups in total. The topological polar surface area (TPSA) is 75.3 Å². The molecule has 6 nitrogen and oxygen atoms in total. The fraction of sp³-hybridized carbons (Fsp3) is 0.136. The Kier molecular flexibility index (Phi) is 7.64. The number of methoxy groups -OCH3 is 1. The van der Waals surface area contributed by atoms with Crippen LogP contribution in [0.4, 0.5) is 17.1 Å². The second-order valence-corrected chi connectivity index (χ2v) is 8.11. The SMILES string of the molecule is COc1ccccc1NC(=S)Nc1cccc(SC(C)C(=O)Nc2ccncc2)c1. The zero-order valence-corrected chi connectivity index (χ0v) is 18.2. The molecule has 1 atom stereocenters. The molecule has 1 aromatic heterocycles. The predicted octanol–water partition coefficient (Wildman–Crippen LogP) is 5.02. The number of carbonyl (C=O) groups is 1. The summed E-state index contributed by atoms with van der Waals surface area (Å²) < 4.78 is 5.33. The van der Waals surface area contributed by atoms with Gasteiger partial charge in [-0.15, -0.1) is 11.8 Å². The molecular formula is C22H22N4O2S2. The third-order valence-corrected chi connectivity index (χ3v) is 5.37. The van der Waals surface area contributed by atoms with Gasteiger partial charge >= 0.3 is 0 Å². The van der Waals surface area contributed by atoms with Gasteiger partial charge in [-0.05, 0) is 61.6 Å². The highest BCUT2D eigenvalue weighted by atomic mass is 32.2. The lowest BCUT2D eigenvalue weighted by Gasteiger charge is -2.15. The van der Waals surface area contributed by atoms with Crippen LogP contribution in [0, 0.1) is 0 Å². The van der Waals surface area contributed by atoms with Gasteiger partial charge in [0, 0.05) is 28.7 Å². The summed E-state index contributed by atoms with van der Waals surface area (Å²) in [4.78, 5) is 17.3. The second-order valence-electron chi connectivity index (χ2n) is 6.29. The van der Waals surface area contributed by atoms with E-state index in [9.17, 15) is 4.79 Å². The third kappa shape index (κ3) is 6.20. The molecule has 0 aliphatic rings. The number of hydrogen-bond acceptors (Lipinski definition) is 5. The van der Waals surface area contributed by atoms with Crippen LogP contribution in [0.5, 0.6) is 5.75 Å². The van der Waals surface area contributed by atoms with Crippen molar-refractivity contribution in [2.75, 3.05) is 23.1 Å². The van der Waals surface area contributed by atoms with Gasteiger partial charge in [-0.2, -0.15) is 0 Å². The Labute approximate surface area is 185 Å². The van der Waals surface area contributed by atoms with Crippen LogP contribution in [0.3, 0.4) is 0 Å². The van der Waals surface area contributed by atoms with E-state index in [1.165, 1.54) is 11.8 Å². The lowest BCUT2D eigenvalue weighted by atomic mass is 10.3. The van der Waals surface area contributed by atoms with Crippen molar-refractivity contribution in [2.45, 2.75) is 17.1 Å². The van der Waals surface area contributed by atoms with Gasteiger partial charge < -0.3 is 20.7 Å². The van der Waals surface area contributed by atoms with Crippen LogP contribution < -0.4 is 20.7 Å². The van der Waals surface area contributed by atoms with E-state index >= 15 is 0 Å². The molecular weight excluding hydrogens is 416 g/mol. The summed E-state index contributed by atoms with van der Waals surface area (Å²) in [6, 6.07) is 18.8. The van der Waals surface area contributed by atoms with E-state index in [0.29, 0.717) is 10.9 Å². The number of ether oxygens (including phenoxy) is 1.